The van der Waals surface area contributed by atoms with E-state index in [1.165, 1.54) is 6.07 Å². The second kappa shape index (κ2) is 9.55. The van der Waals surface area contributed by atoms with E-state index in [0.717, 1.165) is 30.8 Å². The normalized spacial score (nSPS) is 20.9. The summed E-state index contributed by atoms with van der Waals surface area (Å²) in [5.41, 5.74) is 1.51. The summed E-state index contributed by atoms with van der Waals surface area (Å²) >= 11 is 0. The van der Waals surface area contributed by atoms with Gasteiger partial charge in [-0.25, -0.2) is 15.0 Å². The second-order valence-electron chi connectivity index (χ2n) is 9.42. The zero-order valence-corrected chi connectivity index (χ0v) is 19.7. The number of fused-ring (bicyclic) bond motifs is 1. The minimum absolute atomic E-state index is 0. The van der Waals surface area contributed by atoms with E-state index >= 15 is 0 Å². The lowest BCUT2D eigenvalue weighted by molar-refractivity contribution is -0.137. The van der Waals surface area contributed by atoms with Crippen LogP contribution in [0.5, 0.6) is 0 Å². The molecule has 3 aromatic heterocycles. The van der Waals surface area contributed by atoms with Gasteiger partial charge >= 0.3 is 6.18 Å². The maximum absolute atomic E-state index is 13.8. The van der Waals surface area contributed by atoms with Crippen molar-refractivity contribution in [3.8, 4) is 11.5 Å². The molecule has 0 aromatic carbocycles. The highest BCUT2D eigenvalue weighted by Gasteiger charge is 2.47. The summed E-state index contributed by atoms with van der Waals surface area (Å²) in [5.74, 6) is 2.22. The summed E-state index contributed by atoms with van der Waals surface area (Å²) in [4.78, 5) is 28.6. The standard InChI is InChI=1S/C25H26F3N5O2.CH4/c1-13-4-6-20(23-32-14(2)15(3)35-23)22(31-13)24(34)33-12-17-8-16(17)9-19(33)11-30-21-7-5-18(10-29-21)25(26,27)28;/h4-7,10,16-17,19H,8-9,11-12H2,1-3H3,(H,29,30);1H4/t16-,17+,19+;/m1./s1. The highest BCUT2D eigenvalue weighted by Crippen LogP contribution is 2.47. The van der Waals surface area contributed by atoms with Gasteiger partial charge in [0.1, 0.15) is 17.3 Å². The van der Waals surface area contributed by atoms with Crippen LogP contribution in [0.3, 0.4) is 0 Å². The number of carbonyl (C=O) groups is 1. The van der Waals surface area contributed by atoms with Crippen molar-refractivity contribution in [1.82, 2.24) is 19.9 Å². The molecule has 1 saturated heterocycles. The first-order chi connectivity index (χ1) is 16.6. The van der Waals surface area contributed by atoms with Gasteiger partial charge in [-0.1, -0.05) is 7.43 Å². The number of pyridine rings is 2. The molecule has 5 rings (SSSR count). The van der Waals surface area contributed by atoms with Crippen molar-refractivity contribution in [1.29, 1.82) is 0 Å². The molecule has 0 bridgehead atoms. The number of anilines is 1. The molecule has 1 aliphatic heterocycles. The molecule has 10 heteroatoms. The molecule has 36 heavy (non-hydrogen) atoms. The van der Waals surface area contributed by atoms with Gasteiger partial charge in [0.25, 0.3) is 5.91 Å². The van der Waals surface area contributed by atoms with E-state index in [-0.39, 0.29) is 19.4 Å². The molecule has 7 nitrogen and oxygen atoms in total. The van der Waals surface area contributed by atoms with E-state index in [0.29, 0.717) is 59.3 Å². The first-order valence-corrected chi connectivity index (χ1v) is 11.6. The fraction of sp³-hybridized carbons (Fsp3) is 0.462. The fourth-order valence-electron chi connectivity index (χ4n) is 4.65. The van der Waals surface area contributed by atoms with Gasteiger partial charge in [0.2, 0.25) is 5.89 Å². The highest BCUT2D eigenvalue weighted by atomic mass is 19.4. The van der Waals surface area contributed by atoms with Gasteiger partial charge in [-0.15, -0.1) is 0 Å². The average Bonchev–Trinajstić information content (AvgIpc) is 3.51. The number of nitrogens with one attached hydrogen (secondary N) is 1. The van der Waals surface area contributed by atoms with Crippen molar-refractivity contribution in [3.63, 3.8) is 0 Å². The molecule has 3 aromatic rings. The number of rotatable bonds is 5. The van der Waals surface area contributed by atoms with Crippen molar-refractivity contribution >= 4 is 11.7 Å². The minimum atomic E-state index is -4.43. The van der Waals surface area contributed by atoms with E-state index in [4.69, 9.17) is 4.42 Å². The van der Waals surface area contributed by atoms with Crippen molar-refractivity contribution in [2.45, 2.75) is 53.3 Å². The molecule has 3 atom stereocenters. The Bertz CT molecular complexity index is 1240. The molecule has 1 amide bonds. The van der Waals surface area contributed by atoms with Crippen molar-refractivity contribution in [3.05, 3.63) is 58.9 Å². The monoisotopic (exact) mass is 501 g/mol. The molecule has 192 valence electrons. The highest BCUT2D eigenvalue weighted by molar-refractivity contribution is 5.98. The Balaban J connectivity index is 0.00000304. The van der Waals surface area contributed by atoms with Crippen LogP contribution in [0.4, 0.5) is 19.0 Å². The van der Waals surface area contributed by atoms with E-state index in [1.54, 1.807) is 0 Å². The number of hydrogen-bond donors (Lipinski definition) is 1. The summed E-state index contributed by atoms with van der Waals surface area (Å²) in [5, 5.41) is 3.11. The van der Waals surface area contributed by atoms with Gasteiger partial charge in [-0.05, 0) is 69.7 Å². The first kappa shape index (κ1) is 25.7. The number of carbonyl (C=O) groups excluding carboxylic acids is 1. The lowest BCUT2D eigenvalue weighted by Gasteiger charge is -2.35. The summed E-state index contributed by atoms with van der Waals surface area (Å²) in [6.45, 7) is 6.50. The summed E-state index contributed by atoms with van der Waals surface area (Å²) in [6, 6.07) is 5.80. The first-order valence-electron chi connectivity index (χ1n) is 11.6. The molecule has 0 radical (unpaired) electrons. The van der Waals surface area contributed by atoms with Crippen molar-refractivity contribution in [2.75, 3.05) is 18.4 Å². The van der Waals surface area contributed by atoms with Crippen molar-refractivity contribution in [2.24, 2.45) is 11.8 Å². The summed E-state index contributed by atoms with van der Waals surface area (Å²) < 4.78 is 44.3. The third-order valence-electron chi connectivity index (χ3n) is 6.88. The summed E-state index contributed by atoms with van der Waals surface area (Å²) in [6.07, 6.45) is -1.72. The molecule has 4 heterocycles. The number of alkyl halides is 3. The van der Waals surface area contributed by atoms with E-state index in [1.807, 2.05) is 37.8 Å². The molecule has 2 fully saturated rings. The Morgan fingerprint density at radius 2 is 1.89 bits per heavy atom. The number of hydrogen-bond acceptors (Lipinski definition) is 6. The number of amides is 1. The molecule has 0 spiro atoms. The van der Waals surface area contributed by atoms with Gasteiger partial charge in [0.15, 0.2) is 0 Å². The van der Waals surface area contributed by atoms with Crippen molar-refractivity contribution < 1.29 is 22.4 Å². The maximum atomic E-state index is 13.8. The second-order valence-corrected chi connectivity index (χ2v) is 9.42. The number of likely N-dealkylation sites (tertiary alicyclic amines) is 1. The van der Waals surface area contributed by atoms with Gasteiger partial charge < -0.3 is 14.6 Å². The number of nitrogens with zero attached hydrogens (tertiary/aromatic N) is 4. The average molecular weight is 502 g/mol. The molecule has 0 unspecified atom stereocenters. The van der Waals surface area contributed by atoms with Gasteiger partial charge in [0, 0.05) is 31.0 Å². The van der Waals surface area contributed by atoms with Gasteiger partial charge in [0.05, 0.1) is 16.8 Å². The van der Waals surface area contributed by atoms with E-state index in [2.05, 4.69) is 20.3 Å². The Morgan fingerprint density at radius 1 is 1.11 bits per heavy atom. The lowest BCUT2D eigenvalue weighted by Crippen LogP contribution is -2.48. The predicted molar refractivity (Wildman–Crippen MR) is 129 cm³/mol. The lowest BCUT2D eigenvalue weighted by atomic mass is 10.0. The smallest absolute Gasteiger partial charge is 0.417 e. The zero-order chi connectivity index (χ0) is 24.9. The molecule has 1 saturated carbocycles. The Morgan fingerprint density at radius 3 is 2.53 bits per heavy atom. The Kier molecular flexibility index (Phi) is 6.81. The molecular formula is C26H30F3N5O2. The van der Waals surface area contributed by atoms with Crippen LogP contribution >= 0.6 is 0 Å². The molecule has 1 aliphatic carbocycles. The SMILES string of the molecule is C.Cc1ccc(-c2nc(C)c(C)o2)c(C(=O)N2C[C@@H]3C[C@@H]3C[C@H]2CNc2ccc(C(F)(F)F)cn2)n1. The van der Waals surface area contributed by atoms with E-state index < -0.39 is 11.7 Å². The van der Waals surface area contributed by atoms with Crippen LogP contribution in [0.15, 0.2) is 34.9 Å². The third-order valence-corrected chi connectivity index (χ3v) is 6.88. The molecule has 1 N–H and O–H groups in total. The van der Waals surface area contributed by atoms with Gasteiger partial charge in [-0.2, -0.15) is 13.2 Å². The number of aromatic nitrogens is 3. The van der Waals surface area contributed by atoms with Crippen LogP contribution in [0.1, 0.15) is 53.5 Å². The largest absolute Gasteiger partial charge is 0.441 e. The minimum Gasteiger partial charge on any atom is -0.441 e. The van der Waals surface area contributed by atoms with Crippen LogP contribution in [-0.2, 0) is 6.18 Å². The van der Waals surface area contributed by atoms with Crippen LogP contribution in [0.2, 0.25) is 0 Å². The number of halogens is 3. The fourth-order valence-corrected chi connectivity index (χ4v) is 4.65. The van der Waals surface area contributed by atoms with Crippen LogP contribution in [0.25, 0.3) is 11.5 Å². The Hall–Kier alpha value is -3.43. The number of aryl methyl sites for hydroxylation is 3. The molecular weight excluding hydrogens is 471 g/mol. The van der Waals surface area contributed by atoms with E-state index in [9.17, 15) is 18.0 Å². The quantitative estimate of drug-likeness (QED) is 0.485. The topological polar surface area (TPSA) is 84.2 Å². The van der Waals surface area contributed by atoms with Crippen LogP contribution < -0.4 is 5.32 Å². The number of oxazole rings is 1. The maximum Gasteiger partial charge on any atom is 0.417 e. The van der Waals surface area contributed by atoms with Crippen LogP contribution in [-0.4, -0.2) is 44.9 Å². The summed E-state index contributed by atoms with van der Waals surface area (Å²) in [7, 11) is 0. The van der Waals surface area contributed by atoms with Crippen LogP contribution in [0, 0.1) is 32.6 Å². The predicted octanol–water partition coefficient (Wildman–Crippen LogP) is 5.67. The number of piperidine rings is 1. The van der Waals surface area contributed by atoms with Gasteiger partial charge in [-0.3, -0.25) is 4.79 Å². The molecule has 2 aliphatic rings. The zero-order valence-electron chi connectivity index (χ0n) is 19.7. The third kappa shape index (κ3) is 5.08. The Labute approximate surface area is 208 Å².